The summed E-state index contributed by atoms with van der Waals surface area (Å²) in [6, 6.07) is 0. The van der Waals surface area contributed by atoms with Crippen molar-refractivity contribution in [3.8, 4) is 0 Å². The van der Waals surface area contributed by atoms with Gasteiger partial charge in [-0.25, -0.2) is 18.4 Å². The SMILES string of the molecule is Cc1nc(S(=O)(=O)N2CCN(Cc3cnc(N)s3)CC2)cs1.Cl. The Labute approximate surface area is 149 Å². The zero-order chi connectivity index (χ0) is 15.7. The molecule has 0 amide bonds. The van der Waals surface area contributed by atoms with Crippen molar-refractivity contribution in [2.45, 2.75) is 18.5 Å². The Balaban J connectivity index is 0.00000192. The van der Waals surface area contributed by atoms with E-state index in [4.69, 9.17) is 5.73 Å². The van der Waals surface area contributed by atoms with Crippen molar-refractivity contribution in [3.05, 3.63) is 21.5 Å². The summed E-state index contributed by atoms with van der Waals surface area (Å²) in [5, 5.41) is 3.10. The van der Waals surface area contributed by atoms with E-state index in [1.54, 1.807) is 11.6 Å². The second-order valence-corrected chi connectivity index (χ2v) is 9.14. The fraction of sp³-hybridized carbons (Fsp3) is 0.500. The van der Waals surface area contributed by atoms with Crippen molar-refractivity contribution < 1.29 is 8.42 Å². The Morgan fingerprint density at radius 2 is 2.00 bits per heavy atom. The minimum absolute atomic E-state index is 0. The third-order valence-electron chi connectivity index (χ3n) is 3.48. The first kappa shape index (κ1) is 18.6. The molecule has 0 bridgehead atoms. The highest BCUT2D eigenvalue weighted by Crippen LogP contribution is 2.21. The first-order valence-corrected chi connectivity index (χ1v) is 9.93. The minimum atomic E-state index is -3.46. The molecule has 0 unspecified atom stereocenters. The standard InChI is InChI=1S/C12H17N5O2S3.ClH/c1-9-15-11(8-20-9)22(18,19)17-4-2-16(3-5-17)7-10-6-14-12(13)21-10;/h6,8H,2-5,7H2,1H3,(H2,13,14);1H. The molecule has 11 heteroatoms. The number of nitrogen functional groups attached to an aromatic ring is 1. The monoisotopic (exact) mass is 395 g/mol. The van der Waals surface area contributed by atoms with Crippen molar-refractivity contribution in [2.24, 2.45) is 0 Å². The lowest BCUT2D eigenvalue weighted by Gasteiger charge is -2.33. The Hall–Kier alpha value is -0.780. The molecular weight excluding hydrogens is 378 g/mol. The minimum Gasteiger partial charge on any atom is -0.375 e. The van der Waals surface area contributed by atoms with Crippen molar-refractivity contribution in [1.82, 2.24) is 19.2 Å². The van der Waals surface area contributed by atoms with Gasteiger partial charge in [0.2, 0.25) is 0 Å². The van der Waals surface area contributed by atoms with Crippen LogP contribution in [0.1, 0.15) is 9.88 Å². The Morgan fingerprint density at radius 3 is 2.52 bits per heavy atom. The second-order valence-electron chi connectivity index (χ2n) is 5.05. The first-order chi connectivity index (χ1) is 10.4. The molecule has 1 aliphatic rings. The number of thiazole rings is 2. The van der Waals surface area contributed by atoms with E-state index < -0.39 is 10.0 Å². The predicted octanol–water partition coefficient (Wildman–Crippen LogP) is 1.42. The number of hydrogen-bond acceptors (Lipinski definition) is 8. The van der Waals surface area contributed by atoms with Gasteiger partial charge in [-0.3, -0.25) is 4.90 Å². The predicted molar refractivity (Wildman–Crippen MR) is 94.7 cm³/mol. The molecule has 0 atom stereocenters. The zero-order valence-electron chi connectivity index (χ0n) is 12.5. The number of aromatic nitrogens is 2. The molecule has 0 saturated carbocycles. The second kappa shape index (κ2) is 7.41. The van der Waals surface area contributed by atoms with Gasteiger partial charge in [-0.05, 0) is 6.92 Å². The largest absolute Gasteiger partial charge is 0.375 e. The highest BCUT2D eigenvalue weighted by atomic mass is 35.5. The lowest BCUT2D eigenvalue weighted by Crippen LogP contribution is -2.48. The zero-order valence-corrected chi connectivity index (χ0v) is 15.8. The number of nitrogens with two attached hydrogens (primary N) is 1. The maximum Gasteiger partial charge on any atom is 0.261 e. The van der Waals surface area contributed by atoms with Crippen molar-refractivity contribution in [2.75, 3.05) is 31.9 Å². The van der Waals surface area contributed by atoms with Crippen LogP contribution in [0.3, 0.4) is 0 Å². The summed E-state index contributed by atoms with van der Waals surface area (Å²) in [6.07, 6.45) is 1.78. The van der Waals surface area contributed by atoms with Gasteiger partial charge in [0.25, 0.3) is 10.0 Å². The van der Waals surface area contributed by atoms with E-state index >= 15 is 0 Å². The Bertz CT molecular complexity index is 752. The maximum absolute atomic E-state index is 12.5. The highest BCUT2D eigenvalue weighted by molar-refractivity contribution is 7.89. The molecular formula is C12H18ClN5O2S3. The number of rotatable bonds is 4. The lowest BCUT2D eigenvalue weighted by atomic mass is 10.3. The molecule has 23 heavy (non-hydrogen) atoms. The number of halogens is 1. The summed E-state index contributed by atoms with van der Waals surface area (Å²) in [7, 11) is -3.46. The topological polar surface area (TPSA) is 92.4 Å². The summed E-state index contributed by atoms with van der Waals surface area (Å²) < 4.78 is 26.5. The van der Waals surface area contributed by atoms with E-state index in [1.165, 1.54) is 27.0 Å². The third-order valence-corrected chi connectivity index (χ3v) is 7.00. The summed E-state index contributed by atoms with van der Waals surface area (Å²) in [6.45, 7) is 4.92. The van der Waals surface area contributed by atoms with Crippen LogP contribution in [0.25, 0.3) is 0 Å². The summed E-state index contributed by atoms with van der Waals surface area (Å²) in [5.41, 5.74) is 5.62. The van der Waals surface area contributed by atoms with Crippen LogP contribution in [-0.2, 0) is 16.6 Å². The van der Waals surface area contributed by atoms with E-state index in [1.807, 2.05) is 6.92 Å². The molecule has 7 nitrogen and oxygen atoms in total. The highest BCUT2D eigenvalue weighted by Gasteiger charge is 2.30. The van der Waals surface area contributed by atoms with Gasteiger partial charge in [-0.2, -0.15) is 4.31 Å². The molecule has 3 rings (SSSR count). The number of aryl methyl sites for hydroxylation is 1. The van der Waals surface area contributed by atoms with E-state index in [0.29, 0.717) is 31.3 Å². The summed E-state index contributed by atoms with van der Waals surface area (Å²) in [4.78, 5) is 11.5. The van der Waals surface area contributed by atoms with Gasteiger partial charge in [0.05, 0.1) is 5.01 Å². The molecule has 1 aliphatic heterocycles. The Morgan fingerprint density at radius 1 is 1.30 bits per heavy atom. The van der Waals surface area contributed by atoms with Gasteiger partial charge in [0.1, 0.15) is 0 Å². The van der Waals surface area contributed by atoms with Crippen LogP contribution in [-0.4, -0.2) is 53.8 Å². The molecule has 0 radical (unpaired) electrons. The number of nitrogens with zero attached hydrogens (tertiary/aromatic N) is 4. The number of piperazine rings is 1. The number of anilines is 1. The first-order valence-electron chi connectivity index (χ1n) is 6.80. The van der Waals surface area contributed by atoms with Crippen LogP contribution >= 0.6 is 35.1 Å². The number of hydrogen-bond donors (Lipinski definition) is 1. The molecule has 3 heterocycles. The van der Waals surface area contributed by atoms with Gasteiger partial charge in [-0.1, -0.05) is 0 Å². The number of sulfonamides is 1. The molecule has 2 N–H and O–H groups in total. The average molecular weight is 396 g/mol. The lowest BCUT2D eigenvalue weighted by molar-refractivity contribution is 0.182. The molecule has 2 aromatic rings. The van der Waals surface area contributed by atoms with E-state index in [-0.39, 0.29) is 17.4 Å². The summed E-state index contributed by atoms with van der Waals surface area (Å²) >= 11 is 2.83. The van der Waals surface area contributed by atoms with Crippen LogP contribution in [0, 0.1) is 6.92 Å². The van der Waals surface area contributed by atoms with Crippen LogP contribution in [0.2, 0.25) is 0 Å². The van der Waals surface area contributed by atoms with Crippen LogP contribution in [0.5, 0.6) is 0 Å². The molecule has 2 aromatic heterocycles. The van der Waals surface area contributed by atoms with E-state index in [0.717, 1.165) is 16.4 Å². The van der Waals surface area contributed by atoms with Crippen molar-refractivity contribution >= 4 is 50.2 Å². The molecule has 0 spiro atoms. The molecule has 1 saturated heterocycles. The van der Waals surface area contributed by atoms with Gasteiger partial charge in [0.15, 0.2) is 10.2 Å². The third kappa shape index (κ3) is 4.20. The van der Waals surface area contributed by atoms with Gasteiger partial charge < -0.3 is 5.73 Å². The van der Waals surface area contributed by atoms with Crippen LogP contribution in [0.4, 0.5) is 5.13 Å². The average Bonchev–Trinajstić information content (AvgIpc) is 3.09. The fourth-order valence-corrected chi connectivity index (χ4v) is 5.39. The Kier molecular flexibility index (Phi) is 5.98. The normalized spacial score (nSPS) is 17.1. The van der Waals surface area contributed by atoms with Gasteiger partial charge >= 0.3 is 0 Å². The van der Waals surface area contributed by atoms with Gasteiger partial charge in [-0.15, -0.1) is 35.1 Å². The molecule has 1 fully saturated rings. The molecule has 128 valence electrons. The maximum atomic E-state index is 12.5. The van der Waals surface area contributed by atoms with Gasteiger partial charge in [0, 0.05) is 49.2 Å². The van der Waals surface area contributed by atoms with E-state index in [9.17, 15) is 8.42 Å². The van der Waals surface area contributed by atoms with Crippen molar-refractivity contribution in [1.29, 1.82) is 0 Å². The smallest absolute Gasteiger partial charge is 0.261 e. The summed E-state index contributed by atoms with van der Waals surface area (Å²) in [5.74, 6) is 0. The fourth-order valence-electron chi connectivity index (χ4n) is 2.34. The quantitative estimate of drug-likeness (QED) is 0.841. The van der Waals surface area contributed by atoms with Crippen LogP contribution in [0.15, 0.2) is 16.6 Å². The molecule has 0 aliphatic carbocycles. The van der Waals surface area contributed by atoms with Crippen molar-refractivity contribution in [3.63, 3.8) is 0 Å². The molecule has 0 aromatic carbocycles. The van der Waals surface area contributed by atoms with Crippen LogP contribution < -0.4 is 5.73 Å². The van der Waals surface area contributed by atoms with E-state index in [2.05, 4.69) is 14.9 Å².